The zero-order chi connectivity index (χ0) is 25.3. The van der Waals surface area contributed by atoms with Crippen molar-refractivity contribution < 1.29 is 18.7 Å². The third-order valence-corrected chi connectivity index (χ3v) is 6.59. The minimum absolute atomic E-state index is 0.0124. The minimum Gasteiger partial charge on any atom is -0.376 e. The van der Waals surface area contributed by atoms with Gasteiger partial charge in [-0.05, 0) is 53.8 Å². The van der Waals surface area contributed by atoms with Crippen molar-refractivity contribution in [1.29, 1.82) is 0 Å². The van der Waals surface area contributed by atoms with Gasteiger partial charge in [0.2, 0.25) is 11.8 Å². The van der Waals surface area contributed by atoms with Gasteiger partial charge in [0.05, 0.1) is 12.5 Å². The molecule has 2 atom stereocenters. The Kier molecular flexibility index (Phi) is 9.09. The molecule has 0 bridgehead atoms. The van der Waals surface area contributed by atoms with E-state index in [4.69, 9.17) is 16.3 Å². The predicted octanol–water partition coefficient (Wildman–Crippen LogP) is 4.96. The largest absolute Gasteiger partial charge is 0.376 e. The number of carbonyl (C=O) groups excluding carboxylic acids is 2. The van der Waals surface area contributed by atoms with Crippen LogP contribution in [0, 0.1) is 5.82 Å². The Hall–Kier alpha value is -3.22. The lowest BCUT2D eigenvalue weighted by atomic mass is 10.0. The Morgan fingerprint density at radius 2 is 1.67 bits per heavy atom. The van der Waals surface area contributed by atoms with E-state index >= 15 is 0 Å². The van der Waals surface area contributed by atoms with Crippen LogP contribution in [0.15, 0.2) is 78.9 Å². The van der Waals surface area contributed by atoms with Gasteiger partial charge in [-0.1, -0.05) is 66.2 Å². The van der Waals surface area contributed by atoms with E-state index in [0.29, 0.717) is 24.6 Å². The Morgan fingerprint density at radius 3 is 2.33 bits per heavy atom. The molecule has 1 aliphatic heterocycles. The summed E-state index contributed by atoms with van der Waals surface area (Å²) in [6.45, 7) is 1.28. The quantitative estimate of drug-likeness (QED) is 0.421. The standard InChI is InChI=1S/C29H30ClFN2O3/c30-24-12-8-22(9-13-24)18-28(34)33(20-23-10-14-25(31)15-11-23)27(17-21-5-2-1-3-6-21)29(35)32-19-26-7-4-16-36-26/h1-3,5-6,8-15,26-27H,4,7,16-20H2,(H,32,35)/t26-,27+/m1/s1. The third kappa shape index (κ3) is 7.39. The summed E-state index contributed by atoms with van der Waals surface area (Å²) in [5.41, 5.74) is 2.48. The van der Waals surface area contributed by atoms with Crippen molar-refractivity contribution in [2.75, 3.05) is 13.2 Å². The molecule has 3 aromatic rings. The van der Waals surface area contributed by atoms with Gasteiger partial charge < -0.3 is 15.0 Å². The number of ether oxygens (including phenoxy) is 1. The molecule has 1 fully saturated rings. The van der Waals surface area contributed by atoms with Gasteiger partial charge in [-0.3, -0.25) is 9.59 Å². The van der Waals surface area contributed by atoms with Crippen molar-refractivity contribution in [2.45, 2.75) is 44.4 Å². The zero-order valence-corrected chi connectivity index (χ0v) is 20.8. The summed E-state index contributed by atoms with van der Waals surface area (Å²) < 4.78 is 19.2. The second-order valence-corrected chi connectivity index (χ2v) is 9.47. The van der Waals surface area contributed by atoms with Crippen molar-refractivity contribution in [3.8, 4) is 0 Å². The molecule has 3 aromatic carbocycles. The maximum atomic E-state index is 13.7. The average molecular weight is 509 g/mol. The maximum Gasteiger partial charge on any atom is 0.243 e. The summed E-state index contributed by atoms with van der Waals surface area (Å²) in [4.78, 5) is 28.8. The topological polar surface area (TPSA) is 58.6 Å². The fourth-order valence-electron chi connectivity index (χ4n) is 4.36. The molecule has 0 aliphatic carbocycles. The number of hydrogen-bond donors (Lipinski definition) is 1. The molecule has 0 saturated carbocycles. The van der Waals surface area contributed by atoms with E-state index in [9.17, 15) is 14.0 Å². The number of hydrogen-bond acceptors (Lipinski definition) is 3. The highest BCUT2D eigenvalue weighted by molar-refractivity contribution is 6.30. The Bertz CT molecular complexity index is 1130. The van der Waals surface area contributed by atoms with E-state index in [0.717, 1.165) is 29.5 Å². The van der Waals surface area contributed by atoms with Crippen LogP contribution in [0.5, 0.6) is 0 Å². The molecule has 5 nitrogen and oxygen atoms in total. The van der Waals surface area contributed by atoms with Crippen LogP contribution < -0.4 is 5.32 Å². The molecule has 0 radical (unpaired) electrons. The molecule has 7 heteroatoms. The second kappa shape index (κ2) is 12.7. The van der Waals surface area contributed by atoms with Gasteiger partial charge in [-0.25, -0.2) is 4.39 Å². The summed E-state index contributed by atoms with van der Waals surface area (Å²) in [5, 5.41) is 3.60. The van der Waals surface area contributed by atoms with Gasteiger partial charge >= 0.3 is 0 Å². The van der Waals surface area contributed by atoms with Crippen LogP contribution in [-0.4, -0.2) is 42.0 Å². The van der Waals surface area contributed by atoms with Crippen molar-refractivity contribution in [3.05, 3.63) is 106 Å². The van der Waals surface area contributed by atoms with Crippen molar-refractivity contribution in [2.24, 2.45) is 0 Å². The van der Waals surface area contributed by atoms with Crippen LogP contribution in [0.4, 0.5) is 4.39 Å². The van der Waals surface area contributed by atoms with E-state index in [1.165, 1.54) is 12.1 Å². The number of amides is 2. The van der Waals surface area contributed by atoms with E-state index in [1.54, 1.807) is 41.3 Å². The average Bonchev–Trinajstić information content (AvgIpc) is 3.41. The number of carbonyl (C=O) groups is 2. The molecule has 0 unspecified atom stereocenters. The number of nitrogens with one attached hydrogen (secondary N) is 1. The summed E-state index contributed by atoms with van der Waals surface area (Å²) in [6, 6.07) is 22.0. The van der Waals surface area contributed by atoms with Crippen LogP contribution in [0.25, 0.3) is 0 Å². The monoisotopic (exact) mass is 508 g/mol. The van der Waals surface area contributed by atoms with Crippen molar-refractivity contribution >= 4 is 23.4 Å². The van der Waals surface area contributed by atoms with Gasteiger partial charge in [-0.2, -0.15) is 0 Å². The first-order chi connectivity index (χ1) is 17.5. The number of nitrogens with zero attached hydrogens (tertiary/aromatic N) is 1. The molecule has 2 amide bonds. The molecule has 0 aromatic heterocycles. The lowest BCUT2D eigenvalue weighted by Gasteiger charge is -2.32. The van der Waals surface area contributed by atoms with Gasteiger partial charge in [0, 0.05) is 31.1 Å². The highest BCUT2D eigenvalue weighted by Crippen LogP contribution is 2.18. The van der Waals surface area contributed by atoms with Crippen LogP contribution in [0.1, 0.15) is 29.5 Å². The first-order valence-electron chi connectivity index (χ1n) is 12.2. The zero-order valence-electron chi connectivity index (χ0n) is 20.0. The predicted molar refractivity (Wildman–Crippen MR) is 138 cm³/mol. The fourth-order valence-corrected chi connectivity index (χ4v) is 4.48. The molecule has 1 N–H and O–H groups in total. The summed E-state index contributed by atoms with van der Waals surface area (Å²) in [6.07, 6.45) is 2.33. The van der Waals surface area contributed by atoms with E-state index < -0.39 is 6.04 Å². The number of benzene rings is 3. The first kappa shape index (κ1) is 25.9. The van der Waals surface area contributed by atoms with Gasteiger partial charge in [0.25, 0.3) is 0 Å². The number of rotatable bonds is 10. The van der Waals surface area contributed by atoms with E-state index in [1.807, 2.05) is 30.3 Å². The van der Waals surface area contributed by atoms with E-state index in [-0.39, 0.29) is 36.7 Å². The van der Waals surface area contributed by atoms with E-state index in [2.05, 4.69) is 5.32 Å². The van der Waals surface area contributed by atoms with Gasteiger partial charge in [-0.15, -0.1) is 0 Å². The molecule has 1 heterocycles. The molecule has 1 saturated heterocycles. The molecular weight excluding hydrogens is 479 g/mol. The lowest BCUT2D eigenvalue weighted by Crippen LogP contribution is -2.52. The molecule has 1 aliphatic rings. The molecule has 188 valence electrons. The SMILES string of the molecule is O=C(NC[C@H]1CCCO1)[C@H](Cc1ccccc1)N(Cc1ccc(F)cc1)C(=O)Cc1ccc(Cl)cc1. The van der Waals surface area contributed by atoms with Crippen LogP contribution in [0.3, 0.4) is 0 Å². The lowest BCUT2D eigenvalue weighted by molar-refractivity contribution is -0.141. The Labute approximate surface area is 216 Å². The second-order valence-electron chi connectivity index (χ2n) is 9.04. The summed E-state index contributed by atoms with van der Waals surface area (Å²) in [5.74, 6) is -0.788. The van der Waals surface area contributed by atoms with Gasteiger partial charge in [0.15, 0.2) is 0 Å². The minimum atomic E-state index is -0.751. The van der Waals surface area contributed by atoms with Crippen LogP contribution in [0.2, 0.25) is 5.02 Å². The smallest absolute Gasteiger partial charge is 0.243 e. The Morgan fingerprint density at radius 1 is 0.972 bits per heavy atom. The third-order valence-electron chi connectivity index (χ3n) is 6.33. The Balaban J connectivity index is 1.61. The molecule has 36 heavy (non-hydrogen) atoms. The molecule has 4 rings (SSSR count). The first-order valence-corrected chi connectivity index (χ1v) is 12.6. The summed E-state index contributed by atoms with van der Waals surface area (Å²) >= 11 is 6.01. The molecular formula is C29H30ClFN2O3. The van der Waals surface area contributed by atoms with Crippen molar-refractivity contribution in [3.63, 3.8) is 0 Å². The van der Waals surface area contributed by atoms with Crippen LogP contribution in [-0.2, 0) is 33.7 Å². The normalized spacial score (nSPS) is 15.9. The summed E-state index contributed by atoms with van der Waals surface area (Å²) in [7, 11) is 0. The van der Waals surface area contributed by atoms with Gasteiger partial charge in [0.1, 0.15) is 11.9 Å². The maximum absolute atomic E-state index is 13.7. The molecule has 0 spiro atoms. The fraction of sp³-hybridized carbons (Fsp3) is 0.310. The highest BCUT2D eigenvalue weighted by atomic mass is 35.5. The highest BCUT2D eigenvalue weighted by Gasteiger charge is 2.31. The number of halogens is 2. The van der Waals surface area contributed by atoms with Crippen molar-refractivity contribution in [1.82, 2.24) is 10.2 Å². The van der Waals surface area contributed by atoms with Crippen LogP contribution >= 0.6 is 11.6 Å².